The van der Waals surface area contributed by atoms with Crippen LogP contribution in [0.3, 0.4) is 0 Å². The van der Waals surface area contributed by atoms with Gasteiger partial charge in [0.15, 0.2) is 0 Å². The Kier molecular flexibility index (Phi) is 0.953. The fraction of sp³-hybridized carbons (Fsp3) is 0.556. The van der Waals surface area contributed by atoms with Crippen LogP contribution < -0.4 is 5.32 Å². The standard InChI is InChI=1S/C9H8NO2/c11-8-6-4-1-2-5(3-4)7(6)9(12)10-8/h1-2,4-7H,3H2. The van der Waals surface area contributed by atoms with E-state index in [-0.39, 0.29) is 23.7 Å². The van der Waals surface area contributed by atoms with Gasteiger partial charge in [0, 0.05) is 0 Å². The maximum Gasteiger partial charge on any atom is 0.253 e. The fourth-order valence-corrected chi connectivity index (χ4v) is 2.75. The van der Waals surface area contributed by atoms with Crippen LogP contribution >= 0.6 is 0 Å². The minimum absolute atomic E-state index is 0.0903. The van der Waals surface area contributed by atoms with Crippen LogP contribution in [-0.4, -0.2) is 11.8 Å². The van der Waals surface area contributed by atoms with Gasteiger partial charge in [0.25, 0.3) is 11.8 Å². The molecule has 0 N–H and O–H groups in total. The van der Waals surface area contributed by atoms with Crippen LogP contribution in [0.1, 0.15) is 6.42 Å². The molecule has 3 aliphatic rings. The third-order valence-electron chi connectivity index (χ3n) is 3.25. The van der Waals surface area contributed by atoms with Crippen molar-refractivity contribution in [3.8, 4) is 0 Å². The van der Waals surface area contributed by atoms with Gasteiger partial charge in [-0.2, -0.15) is 5.32 Å². The summed E-state index contributed by atoms with van der Waals surface area (Å²) in [5, 5.41) is 3.50. The SMILES string of the molecule is O=C1[N]C(=O)C2C3C=CC(C3)C12. The van der Waals surface area contributed by atoms with Gasteiger partial charge in [-0.15, -0.1) is 0 Å². The van der Waals surface area contributed by atoms with Gasteiger partial charge in [0.2, 0.25) is 0 Å². The first kappa shape index (κ1) is 6.40. The Labute approximate surface area is 69.8 Å². The van der Waals surface area contributed by atoms with Crippen molar-refractivity contribution >= 4 is 11.8 Å². The molecule has 4 atom stereocenters. The molecule has 12 heavy (non-hydrogen) atoms. The lowest BCUT2D eigenvalue weighted by molar-refractivity contribution is -0.127. The van der Waals surface area contributed by atoms with E-state index in [1.54, 1.807) is 0 Å². The van der Waals surface area contributed by atoms with Crippen molar-refractivity contribution in [2.45, 2.75) is 6.42 Å². The average Bonchev–Trinajstić information content (AvgIpc) is 2.64. The minimum Gasteiger partial charge on any atom is -0.272 e. The molecular weight excluding hydrogens is 154 g/mol. The highest BCUT2D eigenvalue weighted by Crippen LogP contribution is 2.50. The molecule has 3 heteroatoms. The van der Waals surface area contributed by atoms with E-state index in [4.69, 9.17) is 0 Å². The Hall–Kier alpha value is -1.12. The molecule has 4 unspecified atom stereocenters. The summed E-state index contributed by atoms with van der Waals surface area (Å²) < 4.78 is 0. The summed E-state index contributed by atoms with van der Waals surface area (Å²) in [6.07, 6.45) is 5.12. The molecule has 1 saturated heterocycles. The van der Waals surface area contributed by atoms with Crippen LogP contribution in [-0.2, 0) is 9.59 Å². The molecule has 0 aromatic heterocycles. The van der Waals surface area contributed by atoms with E-state index in [1.165, 1.54) is 0 Å². The predicted octanol–water partition coefficient (Wildman–Crippen LogP) is 0.0959. The molecule has 2 fully saturated rings. The molecular formula is C9H8NO2. The Balaban J connectivity index is 2.08. The van der Waals surface area contributed by atoms with Crippen molar-refractivity contribution in [3.05, 3.63) is 12.2 Å². The van der Waals surface area contributed by atoms with Crippen LogP contribution in [0, 0.1) is 23.7 Å². The summed E-state index contributed by atoms with van der Waals surface area (Å²) in [5.41, 5.74) is 0. The van der Waals surface area contributed by atoms with Crippen molar-refractivity contribution in [1.82, 2.24) is 5.32 Å². The smallest absolute Gasteiger partial charge is 0.253 e. The maximum atomic E-state index is 11.2. The first-order chi connectivity index (χ1) is 5.77. The Morgan fingerprint density at radius 3 is 2.08 bits per heavy atom. The number of hydrogen-bond acceptors (Lipinski definition) is 2. The van der Waals surface area contributed by atoms with E-state index < -0.39 is 0 Å². The molecule has 1 aliphatic heterocycles. The van der Waals surface area contributed by atoms with Crippen LogP contribution in [0.15, 0.2) is 12.2 Å². The molecule has 1 heterocycles. The third kappa shape index (κ3) is 0.543. The van der Waals surface area contributed by atoms with E-state index in [0.29, 0.717) is 11.8 Å². The second-order valence-corrected chi connectivity index (χ2v) is 3.79. The van der Waals surface area contributed by atoms with Crippen molar-refractivity contribution in [2.24, 2.45) is 23.7 Å². The zero-order valence-electron chi connectivity index (χ0n) is 6.43. The van der Waals surface area contributed by atoms with Gasteiger partial charge >= 0.3 is 0 Å². The quantitative estimate of drug-likeness (QED) is 0.374. The Morgan fingerprint density at radius 1 is 1.08 bits per heavy atom. The Bertz CT molecular complexity index is 280. The maximum absolute atomic E-state index is 11.2. The first-order valence-corrected chi connectivity index (χ1v) is 4.25. The molecule has 3 nitrogen and oxygen atoms in total. The predicted molar refractivity (Wildman–Crippen MR) is 39.9 cm³/mol. The number of carbonyl (C=O) groups excluding carboxylic acids is 2. The normalized spacial score (nSPS) is 48.3. The number of imide groups is 1. The lowest BCUT2D eigenvalue weighted by atomic mass is 9.85. The highest BCUT2D eigenvalue weighted by molar-refractivity contribution is 6.05. The van der Waals surface area contributed by atoms with E-state index in [0.717, 1.165) is 6.42 Å². The summed E-state index contributed by atoms with van der Waals surface area (Å²) in [6.45, 7) is 0. The fourth-order valence-electron chi connectivity index (χ4n) is 2.75. The Morgan fingerprint density at radius 2 is 1.58 bits per heavy atom. The monoisotopic (exact) mass is 162 g/mol. The lowest BCUT2D eigenvalue weighted by Crippen LogP contribution is -2.21. The van der Waals surface area contributed by atoms with E-state index >= 15 is 0 Å². The first-order valence-electron chi connectivity index (χ1n) is 4.25. The van der Waals surface area contributed by atoms with E-state index in [1.807, 2.05) is 0 Å². The molecule has 61 valence electrons. The van der Waals surface area contributed by atoms with Gasteiger partial charge in [-0.1, -0.05) is 12.2 Å². The number of carbonyl (C=O) groups is 2. The van der Waals surface area contributed by atoms with Crippen molar-refractivity contribution < 1.29 is 9.59 Å². The van der Waals surface area contributed by atoms with Gasteiger partial charge in [-0.3, -0.25) is 9.59 Å². The van der Waals surface area contributed by atoms with Gasteiger partial charge in [0.1, 0.15) is 0 Å². The van der Waals surface area contributed by atoms with Crippen molar-refractivity contribution in [3.63, 3.8) is 0 Å². The highest BCUT2D eigenvalue weighted by Gasteiger charge is 2.56. The summed E-state index contributed by atoms with van der Waals surface area (Å²) in [6, 6.07) is 0. The molecule has 2 amide bonds. The van der Waals surface area contributed by atoms with Crippen LogP contribution in [0.4, 0.5) is 0 Å². The van der Waals surface area contributed by atoms with Gasteiger partial charge in [-0.25, -0.2) is 0 Å². The van der Waals surface area contributed by atoms with Crippen LogP contribution in [0.5, 0.6) is 0 Å². The summed E-state index contributed by atoms with van der Waals surface area (Å²) >= 11 is 0. The van der Waals surface area contributed by atoms with Crippen molar-refractivity contribution in [1.29, 1.82) is 0 Å². The molecule has 2 aliphatic carbocycles. The topological polar surface area (TPSA) is 48.2 Å². The van der Waals surface area contributed by atoms with E-state index in [9.17, 15) is 9.59 Å². The third-order valence-corrected chi connectivity index (χ3v) is 3.25. The summed E-state index contributed by atoms with van der Waals surface area (Å²) in [5.74, 6) is 0.0779. The molecule has 0 aromatic rings. The number of allylic oxidation sites excluding steroid dienone is 2. The van der Waals surface area contributed by atoms with Gasteiger partial charge in [-0.05, 0) is 18.3 Å². The summed E-state index contributed by atoms with van der Waals surface area (Å²) in [4.78, 5) is 22.5. The zero-order valence-corrected chi connectivity index (χ0v) is 6.43. The zero-order chi connectivity index (χ0) is 8.29. The highest BCUT2D eigenvalue weighted by atomic mass is 16.2. The van der Waals surface area contributed by atoms with Gasteiger partial charge in [0.05, 0.1) is 11.8 Å². The number of hydrogen-bond donors (Lipinski definition) is 0. The largest absolute Gasteiger partial charge is 0.272 e. The molecule has 3 rings (SSSR count). The molecule has 1 saturated carbocycles. The molecule has 0 aromatic carbocycles. The lowest BCUT2D eigenvalue weighted by Gasteiger charge is -2.13. The molecule has 1 radical (unpaired) electrons. The molecule has 0 spiro atoms. The van der Waals surface area contributed by atoms with E-state index in [2.05, 4.69) is 17.5 Å². The van der Waals surface area contributed by atoms with Crippen LogP contribution in [0.25, 0.3) is 0 Å². The second kappa shape index (κ2) is 1.79. The number of rotatable bonds is 0. The average molecular weight is 162 g/mol. The molecule has 2 bridgehead atoms. The minimum atomic E-state index is -0.179. The van der Waals surface area contributed by atoms with Crippen LogP contribution in [0.2, 0.25) is 0 Å². The summed E-state index contributed by atoms with van der Waals surface area (Å²) in [7, 11) is 0. The number of amides is 2. The number of fused-ring (bicyclic) bond motifs is 5. The number of nitrogens with zero attached hydrogens (tertiary/aromatic N) is 1. The second-order valence-electron chi connectivity index (χ2n) is 3.79. The van der Waals surface area contributed by atoms with Crippen molar-refractivity contribution in [2.75, 3.05) is 0 Å². The van der Waals surface area contributed by atoms with Gasteiger partial charge < -0.3 is 0 Å².